The van der Waals surface area contributed by atoms with Gasteiger partial charge in [0.2, 0.25) is 21.8 Å². The molecule has 2 aliphatic heterocycles. The molecule has 3 N–H and O–H groups in total. The number of ether oxygens (including phenoxy) is 1. The summed E-state index contributed by atoms with van der Waals surface area (Å²) in [6.07, 6.45) is 2.77. The number of aliphatic hydroxyl groups excluding tert-OH is 1. The number of hydrogen-bond acceptors (Lipinski definition) is 7. The lowest BCUT2D eigenvalue weighted by Gasteiger charge is -2.38. The minimum absolute atomic E-state index is 0.0156. The molecule has 0 unspecified atom stereocenters. The van der Waals surface area contributed by atoms with Gasteiger partial charge in [-0.1, -0.05) is 0 Å². The molecule has 2 fully saturated rings. The van der Waals surface area contributed by atoms with E-state index in [1.807, 2.05) is 0 Å². The Morgan fingerprint density at radius 1 is 1.33 bits per heavy atom. The summed E-state index contributed by atoms with van der Waals surface area (Å²) in [5.74, 6) is 0.327. The van der Waals surface area contributed by atoms with Gasteiger partial charge in [-0.15, -0.1) is 0 Å². The van der Waals surface area contributed by atoms with Crippen molar-refractivity contribution in [1.82, 2.24) is 14.2 Å². The van der Waals surface area contributed by atoms with Gasteiger partial charge in [-0.05, 0) is 24.8 Å². The minimum atomic E-state index is -3.69. The van der Waals surface area contributed by atoms with Gasteiger partial charge < -0.3 is 20.5 Å². The number of likely N-dealkylation sites (tertiary alicyclic amines) is 1. The largest absolute Gasteiger partial charge is 0.473 e. The molecular formula is C19H27FN4O5S. The molecule has 1 amide bonds. The number of amides is 1. The number of aromatic nitrogens is 1. The summed E-state index contributed by atoms with van der Waals surface area (Å²) in [6, 6.07) is 2.83. The second-order valence-corrected chi connectivity index (χ2v) is 9.53. The highest BCUT2D eigenvalue weighted by atomic mass is 32.2. The second-order valence-electron chi connectivity index (χ2n) is 7.60. The van der Waals surface area contributed by atoms with E-state index in [0.717, 1.165) is 0 Å². The zero-order chi connectivity index (χ0) is 21.7. The molecule has 0 aromatic carbocycles. The number of carbonyl (C=O) groups excluding carboxylic acids is 1. The normalized spacial score (nSPS) is 19.6. The van der Waals surface area contributed by atoms with Crippen LogP contribution < -0.4 is 10.5 Å². The molecule has 0 spiro atoms. The van der Waals surface area contributed by atoms with Crippen LogP contribution in [0.3, 0.4) is 0 Å². The van der Waals surface area contributed by atoms with Gasteiger partial charge in [-0.25, -0.2) is 17.8 Å². The summed E-state index contributed by atoms with van der Waals surface area (Å²) in [5.41, 5.74) is 5.62. The van der Waals surface area contributed by atoms with E-state index < -0.39 is 16.1 Å². The third kappa shape index (κ3) is 5.34. The second kappa shape index (κ2) is 9.82. The van der Waals surface area contributed by atoms with Crippen LogP contribution in [0.2, 0.25) is 0 Å². The van der Waals surface area contributed by atoms with Crippen LogP contribution in [0.15, 0.2) is 35.1 Å². The summed E-state index contributed by atoms with van der Waals surface area (Å²) in [6.45, 7) is 1.40. The van der Waals surface area contributed by atoms with Gasteiger partial charge in [-0.2, -0.15) is 4.31 Å². The summed E-state index contributed by atoms with van der Waals surface area (Å²) in [5, 5.41) is 9.30. The lowest BCUT2D eigenvalue weighted by atomic mass is 9.93. The molecule has 166 valence electrons. The molecule has 0 atom stereocenters. The maximum atomic E-state index is 12.9. The highest BCUT2D eigenvalue weighted by Gasteiger charge is 2.33. The van der Waals surface area contributed by atoms with Crippen LogP contribution in [0, 0.1) is 5.92 Å². The van der Waals surface area contributed by atoms with Crippen LogP contribution in [0.1, 0.15) is 19.3 Å². The molecule has 0 radical (unpaired) electrons. The van der Waals surface area contributed by atoms with E-state index in [2.05, 4.69) is 4.98 Å². The predicted molar refractivity (Wildman–Crippen MR) is 107 cm³/mol. The van der Waals surface area contributed by atoms with Crippen molar-refractivity contribution in [2.24, 2.45) is 11.7 Å². The van der Waals surface area contributed by atoms with Crippen molar-refractivity contribution in [3.63, 3.8) is 0 Å². The Bertz CT molecular complexity index is 863. The van der Waals surface area contributed by atoms with Crippen LogP contribution >= 0.6 is 0 Å². The zero-order valence-corrected chi connectivity index (χ0v) is 17.4. The summed E-state index contributed by atoms with van der Waals surface area (Å²) >= 11 is 0. The molecule has 1 aromatic rings. The van der Waals surface area contributed by atoms with Crippen molar-refractivity contribution in [2.75, 3.05) is 39.3 Å². The molecule has 2 saturated heterocycles. The molecule has 0 bridgehead atoms. The van der Waals surface area contributed by atoms with E-state index in [1.54, 1.807) is 4.90 Å². The number of hydrogen-bond donors (Lipinski definition) is 2. The fourth-order valence-corrected chi connectivity index (χ4v) is 4.86. The maximum absolute atomic E-state index is 12.9. The number of halogens is 1. The quantitative estimate of drug-likeness (QED) is 0.592. The minimum Gasteiger partial charge on any atom is -0.473 e. The Kier molecular flexibility index (Phi) is 7.40. The molecule has 0 saturated carbocycles. The lowest BCUT2D eigenvalue weighted by Crippen LogP contribution is -2.54. The molecule has 3 rings (SSSR count). The van der Waals surface area contributed by atoms with Gasteiger partial charge in [0, 0.05) is 50.8 Å². The Hall–Kier alpha value is -2.08. The zero-order valence-electron chi connectivity index (χ0n) is 16.6. The van der Waals surface area contributed by atoms with E-state index in [1.165, 1.54) is 22.6 Å². The van der Waals surface area contributed by atoms with Crippen LogP contribution in [0.25, 0.3) is 0 Å². The van der Waals surface area contributed by atoms with E-state index in [0.29, 0.717) is 51.8 Å². The first-order chi connectivity index (χ1) is 14.3. The Morgan fingerprint density at radius 2 is 2.03 bits per heavy atom. The Labute approximate surface area is 175 Å². The van der Waals surface area contributed by atoms with Crippen molar-refractivity contribution in [3.8, 4) is 5.88 Å². The number of piperidine rings is 1. The van der Waals surface area contributed by atoms with Gasteiger partial charge in [0.1, 0.15) is 11.5 Å². The number of pyridine rings is 1. The first kappa shape index (κ1) is 22.6. The van der Waals surface area contributed by atoms with Gasteiger partial charge >= 0.3 is 0 Å². The van der Waals surface area contributed by atoms with E-state index in [-0.39, 0.29) is 41.3 Å². The topological polar surface area (TPSA) is 126 Å². The van der Waals surface area contributed by atoms with Crippen molar-refractivity contribution >= 4 is 15.9 Å². The first-order valence-corrected chi connectivity index (χ1v) is 11.3. The van der Waals surface area contributed by atoms with Crippen LogP contribution in [-0.2, 0) is 14.8 Å². The molecule has 30 heavy (non-hydrogen) atoms. The van der Waals surface area contributed by atoms with Gasteiger partial charge in [0.25, 0.3) is 0 Å². The van der Waals surface area contributed by atoms with Crippen molar-refractivity contribution in [1.29, 1.82) is 0 Å². The van der Waals surface area contributed by atoms with Crippen molar-refractivity contribution in [2.45, 2.75) is 30.3 Å². The summed E-state index contributed by atoms with van der Waals surface area (Å²) in [4.78, 5) is 17.8. The molecule has 3 heterocycles. The van der Waals surface area contributed by atoms with Crippen LogP contribution in [0.5, 0.6) is 5.88 Å². The number of nitrogens with zero attached hydrogens (tertiary/aromatic N) is 3. The van der Waals surface area contributed by atoms with E-state index in [9.17, 15) is 22.7 Å². The third-order valence-corrected chi connectivity index (χ3v) is 7.30. The number of aliphatic hydroxyl groups is 1. The summed E-state index contributed by atoms with van der Waals surface area (Å²) < 4.78 is 44.9. The van der Waals surface area contributed by atoms with Gasteiger partial charge in [0.15, 0.2) is 0 Å². The average molecular weight is 443 g/mol. The van der Waals surface area contributed by atoms with Crippen LogP contribution in [-0.4, -0.2) is 79.1 Å². The number of β-amino-alcohol motifs (C(OH)–C–C–N with tert-alkyl or cyclic N) is 1. The van der Waals surface area contributed by atoms with E-state index in [4.69, 9.17) is 10.5 Å². The van der Waals surface area contributed by atoms with Crippen molar-refractivity contribution < 1.29 is 27.4 Å². The average Bonchev–Trinajstić information content (AvgIpc) is 2.73. The molecule has 1 aromatic heterocycles. The number of carbonyl (C=O) groups is 1. The molecule has 9 nitrogen and oxygen atoms in total. The highest BCUT2D eigenvalue weighted by molar-refractivity contribution is 7.89. The predicted octanol–water partition coefficient (Wildman–Crippen LogP) is 0.266. The fraction of sp³-hybridized carbons (Fsp3) is 0.579. The number of rotatable bonds is 8. The monoisotopic (exact) mass is 442 g/mol. The first-order valence-electron chi connectivity index (χ1n) is 9.86. The Balaban J connectivity index is 1.51. The summed E-state index contributed by atoms with van der Waals surface area (Å²) in [7, 11) is -3.69. The standard InChI is InChI=1S/C19H27FN4O5S/c20-8-15(9-21)13-29-18-2-1-17(10-22-18)30(27,28)24-5-3-14(4-6-24)7-19(26)23-11-16(25)12-23/h1-2,8,10,14,16,25H,3-7,9,11-13,21H2/b15-8-. The van der Waals surface area contributed by atoms with Crippen molar-refractivity contribution in [3.05, 3.63) is 30.2 Å². The molecule has 0 aliphatic carbocycles. The SMILES string of the molecule is NC/C(=C/F)COc1ccc(S(=O)(=O)N2CCC(CC(=O)N3CC(O)C3)CC2)cn1. The van der Waals surface area contributed by atoms with Crippen LogP contribution in [0.4, 0.5) is 4.39 Å². The third-order valence-electron chi connectivity index (χ3n) is 5.42. The maximum Gasteiger partial charge on any atom is 0.244 e. The molecule has 11 heteroatoms. The fourth-order valence-electron chi connectivity index (χ4n) is 3.44. The van der Waals surface area contributed by atoms with Gasteiger partial charge in [0.05, 0.1) is 18.6 Å². The number of sulfonamides is 1. The van der Waals surface area contributed by atoms with E-state index >= 15 is 0 Å². The number of nitrogens with two attached hydrogens (primary N) is 1. The lowest BCUT2D eigenvalue weighted by molar-refractivity contribution is -0.142. The van der Waals surface area contributed by atoms with Gasteiger partial charge in [-0.3, -0.25) is 4.79 Å². The smallest absolute Gasteiger partial charge is 0.244 e. The molecule has 2 aliphatic rings. The highest BCUT2D eigenvalue weighted by Crippen LogP contribution is 2.27. The molecular weight excluding hydrogens is 415 g/mol. The Morgan fingerprint density at radius 3 is 2.57 bits per heavy atom.